The van der Waals surface area contributed by atoms with Gasteiger partial charge in [0.2, 0.25) is 0 Å². The van der Waals surface area contributed by atoms with Crippen molar-refractivity contribution in [2.24, 2.45) is 0 Å². The Morgan fingerprint density at radius 1 is 0.929 bits per heavy atom. The summed E-state index contributed by atoms with van der Waals surface area (Å²) in [5, 5.41) is 0. The maximum atomic E-state index is 5.09. The van der Waals surface area contributed by atoms with Crippen molar-refractivity contribution >= 4 is 0 Å². The molecule has 0 aliphatic carbocycles. The van der Waals surface area contributed by atoms with E-state index in [9.17, 15) is 0 Å². The van der Waals surface area contributed by atoms with Gasteiger partial charge in [-0.3, -0.25) is 0 Å². The van der Waals surface area contributed by atoms with Gasteiger partial charge in [-0.15, -0.1) is 0 Å². The summed E-state index contributed by atoms with van der Waals surface area (Å²) in [5.74, 6) is 0. The van der Waals surface area contributed by atoms with E-state index >= 15 is 0 Å². The van der Waals surface area contributed by atoms with E-state index < -0.39 is 0 Å². The van der Waals surface area contributed by atoms with Gasteiger partial charge in [-0.05, 0) is 41.5 Å². The van der Waals surface area contributed by atoms with Crippen LogP contribution in [0.2, 0.25) is 0 Å². The van der Waals surface area contributed by atoms with Crippen LogP contribution >= 0.6 is 0 Å². The van der Waals surface area contributed by atoms with Crippen LogP contribution in [-0.4, -0.2) is 11.2 Å². The summed E-state index contributed by atoms with van der Waals surface area (Å²) in [4.78, 5) is 10.2. The molecule has 0 aromatic heterocycles. The maximum Gasteiger partial charge on any atom is 0.0952 e. The first kappa shape index (κ1) is 19.7. The van der Waals surface area contributed by atoms with Crippen LogP contribution in [0.4, 0.5) is 0 Å². The van der Waals surface area contributed by atoms with E-state index in [0.717, 1.165) is 0 Å². The summed E-state index contributed by atoms with van der Waals surface area (Å²) in [5.41, 5.74) is -0.430. The van der Waals surface area contributed by atoms with E-state index in [1.807, 2.05) is 41.5 Å². The van der Waals surface area contributed by atoms with Crippen molar-refractivity contribution in [3.05, 3.63) is 19.6 Å². The van der Waals surface area contributed by atoms with Crippen LogP contribution < -0.4 is 0 Å². The zero-order valence-electron chi connectivity index (χ0n) is 10.5. The monoisotopic (exact) mass is 251 g/mol. The summed E-state index contributed by atoms with van der Waals surface area (Å²) >= 11 is 0. The van der Waals surface area contributed by atoms with Crippen molar-refractivity contribution in [2.75, 3.05) is 0 Å². The largest absolute Gasteiger partial charge is 0.245 e. The fraction of sp³-hybridized carbons (Fsp3) is 0.727. The minimum Gasteiger partial charge on any atom is -0.245 e. The second-order valence-electron chi connectivity index (χ2n) is 4.68. The normalized spacial score (nSPS) is 10.7. The van der Waals surface area contributed by atoms with Gasteiger partial charge in [-0.2, -0.15) is 0 Å². The maximum absolute atomic E-state index is 5.09. The van der Waals surface area contributed by atoms with Crippen LogP contribution in [-0.2, 0) is 29.3 Å². The molecule has 82 valence electrons. The van der Waals surface area contributed by atoms with Crippen molar-refractivity contribution < 1.29 is 29.3 Å². The molecule has 14 heavy (non-hydrogen) atoms. The minimum absolute atomic E-state index is 0. The molecular weight excluding hydrogens is 230 g/mol. The Morgan fingerprint density at radius 3 is 1.14 bits per heavy atom. The van der Waals surface area contributed by atoms with Gasteiger partial charge in [0.1, 0.15) is 0 Å². The molecule has 0 N–H and O–H groups in total. The third-order valence-electron chi connectivity index (χ3n) is 0.542. The van der Waals surface area contributed by atoms with Gasteiger partial charge in [0.05, 0.1) is 11.2 Å². The van der Waals surface area contributed by atoms with Crippen molar-refractivity contribution in [3.8, 4) is 0 Å². The average Bonchev–Trinajstić information content (AvgIpc) is 1.82. The third-order valence-corrected chi connectivity index (χ3v) is 0.542. The molecule has 0 fully saturated rings. The van der Waals surface area contributed by atoms with E-state index in [1.54, 1.807) is 0 Å². The van der Waals surface area contributed by atoms with Gasteiger partial charge in [-0.1, -0.05) is 0 Å². The van der Waals surface area contributed by atoms with Crippen LogP contribution in [0.3, 0.4) is 0 Å². The van der Waals surface area contributed by atoms with Crippen LogP contribution in [0.15, 0.2) is 12.7 Å². The number of hydrogen-bond donors (Lipinski definition) is 0. The van der Waals surface area contributed by atoms with Crippen LogP contribution in [0.1, 0.15) is 41.5 Å². The Bertz CT molecular complexity index is 117. The zero-order valence-corrected chi connectivity index (χ0v) is 13.5. The summed E-state index contributed by atoms with van der Waals surface area (Å²) in [6, 6.07) is 0. The molecule has 0 spiro atoms. The summed E-state index contributed by atoms with van der Waals surface area (Å²) in [7, 11) is 0. The zero-order chi connectivity index (χ0) is 11.1. The van der Waals surface area contributed by atoms with Crippen molar-refractivity contribution in [1.29, 1.82) is 0 Å². The van der Waals surface area contributed by atoms with E-state index in [-0.39, 0.29) is 30.7 Å². The predicted molar refractivity (Wildman–Crippen MR) is 57.2 cm³/mol. The minimum atomic E-state index is -0.215. The average molecular weight is 253 g/mol. The molecule has 0 atom stereocenters. The second-order valence-corrected chi connectivity index (χ2v) is 4.68. The molecule has 0 saturated carbocycles. The summed E-state index contributed by atoms with van der Waals surface area (Å²) in [6.45, 7) is 18.2. The van der Waals surface area contributed by atoms with Crippen molar-refractivity contribution in [1.82, 2.24) is 0 Å². The number of hydrogen-bond acceptors (Lipinski definition) is 2. The predicted octanol–water partition coefficient (Wildman–Crippen LogP) is 3.54. The second kappa shape index (κ2) is 8.46. The molecule has 0 aliphatic heterocycles. The van der Waals surface area contributed by atoms with E-state index in [1.165, 1.54) is 6.08 Å². The molecule has 0 aromatic carbocycles. The first-order chi connectivity index (χ1) is 5.62. The molecular formula is C11H23O2Zn-. The number of allylic oxidation sites excluding steroid dienone is 1. The molecule has 0 unspecified atom stereocenters. The molecule has 0 heterocycles. The van der Waals surface area contributed by atoms with E-state index in [2.05, 4.69) is 13.5 Å². The van der Waals surface area contributed by atoms with E-state index in [0.29, 0.717) is 0 Å². The first-order valence-electron chi connectivity index (χ1n) is 4.39. The van der Waals surface area contributed by atoms with Gasteiger partial charge < -0.3 is 0 Å². The quantitative estimate of drug-likeness (QED) is 0.308. The fourth-order valence-corrected chi connectivity index (χ4v) is 0.250. The van der Waals surface area contributed by atoms with Crippen molar-refractivity contribution in [3.63, 3.8) is 0 Å². The summed E-state index contributed by atoms with van der Waals surface area (Å²) in [6.07, 6.45) is 1.50. The third kappa shape index (κ3) is 29.5. The smallest absolute Gasteiger partial charge is 0.0952 e. The molecule has 0 amide bonds. The van der Waals surface area contributed by atoms with Crippen LogP contribution in [0.5, 0.6) is 0 Å². The van der Waals surface area contributed by atoms with Gasteiger partial charge in [0.15, 0.2) is 0 Å². The molecule has 3 heteroatoms. The Labute approximate surface area is 102 Å². The molecule has 0 aliphatic rings. The van der Waals surface area contributed by atoms with Gasteiger partial charge in [0.25, 0.3) is 0 Å². The molecule has 0 rings (SSSR count). The number of rotatable bonds is 1. The molecule has 0 radical (unpaired) electrons. The molecule has 2 nitrogen and oxygen atoms in total. The van der Waals surface area contributed by atoms with Crippen LogP contribution in [0, 0.1) is 6.92 Å². The van der Waals surface area contributed by atoms with E-state index in [4.69, 9.17) is 9.78 Å². The van der Waals surface area contributed by atoms with Gasteiger partial charge >= 0.3 is 0 Å². The van der Waals surface area contributed by atoms with Gasteiger partial charge in [-0.25, -0.2) is 29.4 Å². The molecule has 0 bridgehead atoms. The Kier molecular flexibility index (Phi) is 11.9. The molecule has 0 aromatic rings. The topological polar surface area (TPSA) is 18.5 Å². The Balaban J connectivity index is -0.000000267. The first-order valence-corrected chi connectivity index (χ1v) is 4.39. The Morgan fingerprint density at radius 2 is 1.07 bits per heavy atom. The Hall–Kier alpha value is 0.153. The van der Waals surface area contributed by atoms with Gasteiger partial charge in [0, 0.05) is 19.5 Å². The standard InChI is InChI=1S/C8H18O2.C3H5.Zn/c1-7(2,3)9-10-8(4,5)6;1-3-2;/h1-6H3;3H,1-2H2;/q;-1;. The summed E-state index contributed by atoms with van der Waals surface area (Å²) < 4.78 is 0. The SMILES string of the molecule is C=C[CH2-].CC(C)(C)OOC(C)(C)C.[Zn]. The van der Waals surface area contributed by atoms with Crippen molar-refractivity contribution in [2.45, 2.75) is 52.7 Å². The molecule has 0 saturated heterocycles. The fourth-order valence-electron chi connectivity index (χ4n) is 0.250. The van der Waals surface area contributed by atoms with Crippen LogP contribution in [0.25, 0.3) is 0 Å².